The number of hydrogen-bond donors (Lipinski definition) is 2. The van der Waals surface area contributed by atoms with Crippen LogP contribution in [0.5, 0.6) is 0 Å². The first-order chi connectivity index (χ1) is 27.8. The van der Waals surface area contributed by atoms with Crippen molar-refractivity contribution in [2.45, 2.75) is 91.6 Å². The zero-order valence-electron chi connectivity index (χ0n) is 34.9. The third-order valence-electron chi connectivity index (χ3n) is 12.5. The monoisotopic (exact) mass is 812 g/mol. The molecular formula is C43H58N9O5S+. The van der Waals surface area contributed by atoms with Gasteiger partial charge in [-0.1, -0.05) is 26.8 Å². The fourth-order valence-electron chi connectivity index (χ4n) is 8.73. The Morgan fingerprint density at radius 3 is 2.69 bits per heavy atom. The fraction of sp³-hybridized carbons (Fsp3) is 0.581. The van der Waals surface area contributed by atoms with Crippen LogP contribution in [0, 0.1) is 22.2 Å². The highest BCUT2D eigenvalue weighted by Crippen LogP contribution is 2.43. The molecule has 14 nitrogen and oxygen atoms in total. The number of nitrogens with zero attached hydrogens (tertiary/aromatic N) is 7. The quantitative estimate of drug-likeness (QED) is 0.238. The van der Waals surface area contributed by atoms with E-state index in [1.54, 1.807) is 7.11 Å². The molecular weight excluding hydrogens is 755 g/mol. The third kappa shape index (κ3) is 8.10. The number of carbonyl (C=O) groups is 2. The topological polar surface area (TPSA) is 137 Å². The largest absolute Gasteiger partial charge is 0.375 e. The van der Waals surface area contributed by atoms with Crippen LogP contribution in [0.4, 0.5) is 5.69 Å². The van der Waals surface area contributed by atoms with Gasteiger partial charge in [-0.15, -0.1) is 11.3 Å². The van der Waals surface area contributed by atoms with E-state index in [1.165, 1.54) is 16.3 Å². The zero-order chi connectivity index (χ0) is 40.9. The molecule has 58 heavy (non-hydrogen) atoms. The lowest BCUT2D eigenvalue weighted by Gasteiger charge is -2.34. The van der Waals surface area contributed by atoms with E-state index in [2.05, 4.69) is 77.2 Å². The van der Waals surface area contributed by atoms with Crippen molar-refractivity contribution in [2.24, 2.45) is 17.3 Å². The SMILES string of the molecule is CCn1c(-c2cc(N3CCN(C)CC3)cnc2[C@H](C)OC)c2c3cc(ccc31)-c1csc(n1)C[C@H](NC(=O)[C@H]1C[C@@H]1C)C(=O)N1CCC[C@H](N1)[N+](=O)OCC(C)(C)C2. The second-order valence-electron chi connectivity index (χ2n) is 17.5. The average Bonchev–Trinajstić information content (AvgIpc) is 3.65. The maximum Gasteiger partial charge on any atom is 0.326 e. The summed E-state index contributed by atoms with van der Waals surface area (Å²) in [6.45, 7) is 15.6. The van der Waals surface area contributed by atoms with E-state index < -0.39 is 17.6 Å². The minimum absolute atomic E-state index is 0.0938. The molecule has 6 bridgehead atoms. The van der Waals surface area contributed by atoms with Crippen molar-refractivity contribution in [3.05, 3.63) is 57.0 Å². The minimum Gasteiger partial charge on any atom is -0.375 e. The molecule has 0 radical (unpaired) electrons. The van der Waals surface area contributed by atoms with Gasteiger partial charge in [0.25, 0.3) is 5.91 Å². The number of piperazine rings is 1. The third-order valence-corrected chi connectivity index (χ3v) is 13.3. The van der Waals surface area contributed by atoms with Crippen LogP contribution in [0.25, 0.3) is 33.4 Å². The maximum absolute atomic E-state index is 14.1. The van der Waals surface area contributed by atoms with Crippen LogP contribution in [0.1, 0.15) is 76.3 Å². The second kappa shape index (κ2) is 16.3. The first-order valence-electron chi connectivity index (χ1n) is 20.9. The van der Waals surface area contributed by atoms with Gasteiger partial charge in [-0.2, -0.15) is 5.43 Å². The number of fused-ring (bicyclic) bond motifs is 6. The summed E-state index contributed by atoms with van der Waals surface area (Å²) in [7, 11) is 3.89. The van der Waals surface area contributed by atoms with Crippen LogP contribution >= 0.6 is 11.3 Å². The van der Waals surface area contributed by atoms with Gasteiger partial charge in [-0.25, -0.2) is 9.82 Å². The molecule has 4 aromatic rings. The predicted molar refractivity (Wildman–Crippen MR) is 225 cm³/mol. The molecule has 1 aromatic carbocycles. The normalized spacial score (nSPS) is 24.7. The number of methoxy groups -OCH3 is 1. The van der Waals surface area contributed by atoms with Gasteiger partial charge < -0.3 is 24.4 Å². The standard InChI is InChI=1S/C43H57N9O5S/c1-8-50-36-12-11-28-19-31(36)33(40(50)32-20-29(23-44-39(32)27(3)56-7)49-16-14-48(6)15-17-49)22-43(4,5)25-57-52(55)37-10-9-13-51(47-37)42(54)34(21-38-45-35(28)24-58-38)46-41(53)30-18-26(30)2/h11-12,19-20,23-24,26-27,30,34,37,47H,8-10,13-18,21-22,25H2,1-7H3/p+1/t26-,27-,30-,34-,37+/m0/s1. The number of nitrogens with one attached hydrogen (secondary N) is 2. The Morgan fingerprint density at radius 2 is 1.97 bits per heavy atom. The van der Waals surface area contributed by atoms with E-state index in [4.69, 9.17) is 19.5 Å². The van der Waals surface area contributed by atoms with Crippen molar-refractivity contribution >= 4 is 39.7 Å². The fourth-order valence-corrected chi connectivity index (χ4v) is 9.58. The lowest BCUT2D eigenvalue weighted by molar-refractivity contribution is -0.835. The summed E-state index contributed by atoms with van der Waals surface area (Å²) < 4.78 is 8.34. The molecule has 1 aliphatic carbocycles. The number of hydrogen-bond acceptors (Lipinski definition) is 11. The molecule has 5 atom stereocenters. The summed E-state index contributed by atoms with van der Waals surface area (Å²) in [4.78, 5) is 62.7. The Kier molecular flexibility index (Phi) is 11.3. The van der Waals surface area contributed by atoms with Crippen LogP contribution in [-0.2, 0) is 38.5 Å². The van der Waals surface area contributed by atoms with Crippen LogP contribution in [0.3, 0.4) is 0 Å². The van der Waals surface area contributed by atoms with Crippen molar-refractivity contribution in [3.63, 3.8) is 0 Å². The number of aryl methyl sites for hydroxylation is 1. The molecule has 3 fully saturated rings. The van der Waals surface area contributed by atoms with Crippen molar-refractivity contribution in [1.29, 1.82) is 0 Å². The smallest absolute Gasteiger partial charge is 0.326 e. The Hall–Kier alpha value is -4.44. The number of rotatable bonds is 7. The summed E-state index contributed by atoms with van der Waals surface area (Å²) in [5.41, 5.74) is 10.8. The molecule has 310 valence electrons. The molecule has 3 aromatic heterocycles. The predicted octanol–water partition coefficient (Wildman–Crippen LogP) is 5.74. The first kappa shape index (κ1) is 40.3. The number of carbonyl (C=O) groups excluding carboxylic acids is 2. The molecule has 15 heteroatoms. The van der Waals surface area contributed by atoms with Gasteiger partial charge >= 0.3 is 6.17 Å². The van der Waals surface area contributed by atoms with Crippen LogP contribution in [0.2, 0.25) is 0 Å². The molecule has 4 aliphatic rings. The van der Waals surface area contributed by atoms with Crippen molar-refractivity contribution < 1.29 is 24.1 Å². The molecule has 2 N–H and O–H groups in total. The number of amides is 2. The molecule has 0 unspecified atom stereocenters. The van der Waals surface area contributed by atoms with Crippen LogP contribution < -0.4 is 15.6 Å². The highest BCUT2D eigenvalue weighted by molar-refractivity contribution is 7.10. The van der Waals surface area contributed by atoms with Crippen molar-refractivity contribution in [3.8, 4) is 22.5 Å². The van der Waals surface area contributed by atoms with Gasteiger partial charge in [0.15, 0.2) is 6.61 Å². The average molecular weight is 813 g/mol. The van der Waals surface area contributed by atoms with Crippen LogP contribution in [0.15, 0.2) is 35.8 Å². The number of ether oxygens (including phenoxy) is 1. The van der Waals surface area contributed by atoms with Gasteiger partial charge in [-0.05, 0) is 69.8 Å². The summed E-state index contributed by atoms with van der Waals surface area (Å²) >= 11 is 1.49. The Labute approximate surface area is 344 Å². The van der Waals surface area contributed by atoms with E-state index in [0.29, 0.717) is 36.6 Å². The highest BCUT2D eigenvalue weighted by atomic mass is 32.1. The molecule has 6 heterocycles. The summed E-state index contributed by atoms with van der Waals surface area (Å²) in [5, 5.41) is 8.42. The number of thiazole rings is 1. The first-order valence-corrected chi connectivity index (χ1v) is 21.8. The Morgan fingerprint density at radius 1 is 1.19 bits per heavy atom. The van der Waals surface area contributed by atoms with Crippen LogP contribution in [-0.4, -0.2) is 107 Å². The minimum atomic E-state index is -0.835. The highest BCUT2D eigenvalue weighted by Gasteiger charge is 2.43. The lowest BCUT2D eigenvalue weighted by Crippen LogP contribution is -2.60. The van der Waals surface area contributed by atoms with Crippen molar-refractivity contribution in [2.75, 3.05) is 58.4 Å². The number of hydrazine groups is 1. The zero-order valence-corrected chi connectivity index (χ0v) is 35.7. The van der Waals surface area contributed by atoms with E-state index in [9.17, 15) is 14.5 Å². The number of pyridine rings is 1. The number of anilines is 1. The molecule has 3 aliphatic heterocycles. The Bertz CT molecular complexity index is 2190. The summed E-state index contributed by atoms with van der Waals surface area (Å²) in [6.07, 6.45) is 3.75. The summed E-state index contributed by atoms with van der Waals surface area (Å²) in [6, 6.07) is 8.00. The number of benzene rings is 1. The van der Waals surface area contributed by atoms with Gasteiger partial charge in [0.05, 0.1) is 45.0 Å². The molecule has 0 spiro atoms. The number of aromatic nitrogens is 3. The van der Waals surface area contributed by atoms with Gasteiger partial charge in [0.1, 0.15) is 6.04 Å². The van der Waals surface area contributed by atoms with E-state index in [-0.39, 0.29) is 36.9 Å². The molecule has 2 saturated heterocycles. The van der Waals surface area contributed by atoms with Crippen molar-refractivity contribution in [1.82, 2.24) is 35.2 Å². The number of likely N-dealkylation sites (N-methyl/N-ethyl adjacent to an activating group) is 1. The van der Waals surface area contributed by atoms with E-state index >= 15 is 0 Å². The second-order valence-corrected chi connectivity index (χ2v) is 18.4. The Balaban J connectivity index is 1.26. The molecule has 8 rings (SSSR count). The molecule has 2 amide bonds. The van der Waals surface area contributed by atoms with Gasteiger partial charge in [-0.3, -0.25) is 19.6 Å². The summed E-state index contributed by atoms with van der Waals surface area (Å²) in [5.74, 6) is -0.200. The molecule has 1 saturated carbocycles. The lowest BCUT2D eigenvalue weighted by atomic mass is 9.84. The van der Waals surface area contributed by atoms with E-state index in [0.717, 1.165) is 94.5 Å². The maximum atomic E-state index is 14.1. The van der Waals surface area contributed by atoms with Gasteiger partial charge in [0, 0.05) is 98.0 Å². The van der Waals surface area contributed by atoms with E-state index in [1.807, 2.05) is 25.4 Å². The van der Waals surface area contributed by atoms with Gasteiger partial charge in [0.2, 0.25) is 10.8 Å².